The van der Waals surface area contributed by atoms with E-state index in [1.165, 1.54) is 0 Å². The first kappa shape index (κ1) is 21.5. The van der Waals surface area contributed by atoms with E-state index >= 15 is 0 Å². The zero-order chi connectivity index (χ0) is 19.9. The molecule has 0 aliphatic heterocycles. The number of nitrogens with one attached hydrogen (secondary N) is 2. The number of aryl methyl sites for hydroxylation is 2. The molecule has 0 fully saturated rings. The number of hydrogen-bond donors (Lipinski definition) is 2. The maximum atomic E-state index is 11.8. The number of pyridine rings is 2. The monoisotopic (exact) mass is 384 g/mol. The molecule has 0 saturated heterocycles. The Morgan fingerprint density at radius 2 is 0.964 bits per heavy atom. The molecule has 6 heteroatoms. The molecule has 0 aliphatic rings. The zero-order valence-electron chi connectivity index (χ0n) is 16.6. The number of rotatable bonds is 13. The molecule has 0 aromatic carbocycles. The Kier molecular flexibility index (Phi) is 10.3. The van der Waals surface area contributed by atoms with Crippen molar-refractivity contribution < 1.29 is 18.7 Å². The highest BCUT2D eigenvalue weighted by Crippen LogP contribution is 1.98. The van der Waals surface area contributed by atoms with Crippen LogP contribution in [0.4, 0.5) is 0 Å². The van der Waals surface area contributed by atoms with Crippen LogP contribution in [0.25, 0.3) is 0 Å². The number of hydrogen-bond acceptors (Lipinski definition) is 2. The maximum Gasteiger partial charge on any atom is 0.226 e. The topological polar surface area (TPSA) is 66.0 Å². The van der Waals surface area contributed by atoms with Crippen LogP contribution in [0.15, 0.2) is 61.2 Å². The Morgan fingerprint density at radius 3 is 1.36 bits per heavy atom. The van der Waals surface area contributed by atoms with Gasteiger partial charge in [-0.15, -0.1) is 0 Å². The number of aromatic nitrogens is 2. The highest BCUT2D eigenvalue weighted by Gasteiger charge is 2.06. The van der Waals surface area contributed by atoms with E-state index in [-0.39, 0.29) is 11.8 Å². The summed E-state index contributed by atoms with van der Waals surface area (Å²) in [7, 11) is 0. The molecular weight excluding hydrogens is 352 g/mol. The molecule has 2 aromatic rings. The molecule has 150 valence electrons. The summed E-state index contributed by atoms with van der Waals surface area (Å²) in [5.41, 5.74) is 0. The van der Waals surface area contributed by atoms with Crippen molar-refractivity contribution >= 4 is 11.8 Å². The van der Waals surface area contributed by atoms with Gasteiger partial charge in [-0.2, -0.15) is 0 Å². The highest BCUT2D eigenvalue weighted by molar-refractivity contribution is 5.75. The van der Waals surface area contributed by atoms with Crippen LogP contribution in [-0.2, 0) is 22.7 Å². The van der Waals surface area contributed by atoms with Crippen LogP contribution < -0.4 is 19.8 Å². The highest BCUT2D eigenvalue weighted by atomic mass is 16.2. The fourth-order valence-corrected chi connectivity index (χ4v) is 2.86. The molecule has 2 amide bonds. The van der Waals surface area contributed by atoms with Crippen LogP contribution >= 0.6 is 0 Å². The second-order valence-electron chi connectivity index (χ2n) is 6.84. The first-order valence-electron chi connectivity index (χ1n) is 10.2. The van der Waals surface area contributed by atoms with E-state index < -0.39 is 0 Å². The first-order valence-corrected chi connectivity index (χ1v) is 10.2. The molecule has 0 saturated carbocycles. The van der Waals surface area contributed by atoms with Gasteiger partial charge in [0, 0.05) is 37.4 Å². The van der Waals surface area contributed by atoms with Crippen molar-refractivity contribution in [2.75, 3.05) is 13.1 Å². The minimum atomic E-state index is 0.0971. The van der Waals surface area contributed by atoms with Crippen molar-refractivity contribution in [2.24, 2.45) is 0 Å². The SMILES string of the molecule is O=C(CC[n+]1ccccc1)NCCCCCCNC(=O)CC[n+]1ccccc1. The number of amides is 2. The lowest BCUT2D eigenvalue weighted by molar-refractivity contribution is -0.696. The summed E-state index contributed by atoms with van der Waals surface area (Å²) in [5.74, 6) is 0.194. The van der Waals surface area contributed by atoms with E-state index in [0.29, 0.717) is 25.9 Å². The molecule has 0 bridgehead atoms. The Morgan fingerprint density at radius 1 is 0.571 bits per heavy atom. The summed E-state index contributed by atoms with van der Waals surface area (Å²) in [4.78, 5) is 23.6. The molecule has 0 radical (unpaired) electrons. The van der Waals surface area contributed by atoms with E-state index in [2.05, 4.69) is 10.6 Å². The molecule has 6 nitrogen and oxygen atoms in total. The van der Waals surface area contributed by atoms with Crippen molar-refractivity contribution in [1.29, 1.82) is 0 Å². The van der Waals surface area contributed by atoms with Gasteiger partial charge in [0.15, 0.2) is 37.9 Å². The predicted octanol–water partition coefficient (Wildman–Crippen LogP) is 1.53. The molecule has 0 unspecified atom stereocenters. The zero-order valence-corrected chi connectivity index (χ0v) is 16.6. The van der Waals surface area contributed by atoms with Gasteiger partial charge in [0.05, 0.1) is 12.8 Å². The fraction of sp³-hybridized carbons (Fsp3) is 0.455. The lowest BCUT2D eigenvalue weighted by Gasteiger charge is -2.05. The third-order valence-corrected chi connectivity index (χ3v) is 4.50. The van der Waals surface area contributed by atoms with Crippen molar-refractivity contribution in [2.45, 2.75) is 51.6 Å². The number of carbonyl (C=O) groups is 2. The Hall–Kier alpha value is -2.76. The average Bonchev–Trinajstić information content (AvgIpc) is 2.74. The Balaban J connectivity index is 1.39. The Bertz CT molecular complexity index is 631. The van der Waals surface area contributed by atoms with Gasteiger partial charge in [-0.25, -0.2) is 9.13 Å². The van der Waals surface area contributed by atoms with Crippen LogP contribution in [-0.4, -0.2) is 24.9 Å². The molecule has 2 N–H and O–H groups in total. The third kappa shape index (κ3) is 9.80. The minimum Gasteiger partial charge on any atom is -0.356 e. The predicted molar refractivity (Wildman–Crippen MR) is 107 cm³/mol. The lowest BCUT2D eigenvalue weighted by atomic mass is 10.2. The molecule has 28 heavy (non-hydrogen) atoms. The van der Waals surface area contributed by atoms with Gasteiger partial charge >= 0.3 is 0 Å². The van der Waals surface area contributed by atoms with E-state index in [1.54, 1.807) is 0 Å². The standard InChI is InChI=1S/C22H30N4O2/c27-21(11-19-25-15-7-3-8-16-25)23-13-5-1-2-6-14-24-22(28)12-20-26-17-9-4-10-18-26/h3-4,7-10,15-18H,1-2,5-6,11-14,19-20H2/p+2. The largest absolute Gasteiger partial charge is 0.356 e. The van der Waals surface area contributed by atoms with Crippen molar-refractivity contribution in [3.05, 3.63) is 61.2 Å². The first-order chi connectivity index (χ1) is 13.7. The molecule has 2 rings (SSSR count). The van der Waals surface area contributed by atoms with Gasteiger partial charge in [0.1, 0.15) is 0 Å². The van der Waals surface area contributed by atoms with Crippen LogP contribution in [0.3, 0.4) is 0 Å². The fourth-order valence-electron chi connectivity index (χ4n) is 2.86. The molecular formula is C22H32N4O2+2. The van der Waals surface area contributed by atoms with Gasteiger partial charge in [-0.1, -0.05) is 25.0 Å². The maximum absolute atomic E-state index is 11.8. The van der Waals surface area contributed by atoms with Crippen molar-refractivity contribution in [3.63, 3.8) is 0 Å². The molecule has 2 heterocycles. The van der Waals surface area contributed by atoms with Gasteiger partial charge in [-0.3, -0.25) is 9.59 Å². The van der Waals surface area contributed by atoms with E-state index in [1.807, 2.05) is 70.3 Å². The molecule has 0 atom stereocenters. The van der Waals surface area contributed by atoms with Crippen LogP contribution in [0.2, 0.25) is 0 Å². The Labute approximate surface area is 167 Å². The lowest BCUT2D eigenvalue weighted by Crippen LogP contribution is -2.36. The van der Waals surface area contributed by atoms with E-state index in [4.69, 9.17) is 0 Å². The van der Waals surface area contributed by atoms with E-state index in [0.717, 1.165) is 38.8 Å². The van der Waals surface area contributed by atoms with Crippen molar-refractivity contribution in [3.8, 4) is 0 Å². The summed E-state index contributed by atoms with van der Waals surface area (Å²) in [5, 5.41) is 5.94. The van der Waals surface area contributed by atoms with Gasteiger partial charge in [0.2, 0.25) is 11.8 Å². The summed E-state index contributed by atoms with van der Waals surface area (Å²) in [6, 6.07) is 11.8. The quantitative estimate of drug-likeness (QED) is 0.406. The second kappa shape index (κ2) is 13.4. The summed E-state index contributed by atoms with van der Waals surface area (Å²) in [6.07, 6.45) is 12.9. The van der Waals surface area contributed by atoms with Crippen LogP contribution in [0.5, 0.6) is 0 Å². The summed E-state index contributed by atoms with van der Waals surface area (Å²) in [6.45, 7) is 2.85. The van der Waals surface area contributed by atoms with E-state index in [9.17, 15) is 9.59 Å². The molecule has 0 spiro atoms. The smallest absolute Gasteiger partial charge is 0.226 e. The van der Waals surface area contributed by atoms with Gasteiger partial charge in [-0.05, 0) is 12.8 Å². The number of nitrogens with zero attached hydrogens (tertiary/aromatic N) is 2. The average molecular weight is 385 g/mol. The van der Waals surface area contributed by atoms with Gasteiger partial charge < -0.3 is 10.6 Å². The second-order valence-corrected chi connectivity index (χ2v) is 6.84. The van der Waals surface area contributed by atoms with Crippen molar-refractivity contribution in [1.82, 2.24) is 10.6 Å². The summed E-state index contributed by atoms with van der Waals surface area (Å²) >= 11 is 0. The molecule has 2 aromatic heterocycles. The summed E-state index contributed by atoms with van der Waals surface area (Å²) < 4.78 is 4.01. The normalized spacial score (nSPS) is 10.4. The molecule has 0 aliphatic carbocycles. The van der Waals surface area contributed by atoms with Gasteiger partial charge in [0.25, 0.3) is 0 Å². The van der Waals surface area contributed by atoms with Crippen LogP contribution in [0, 0.1) is 0 Å². The van der Waals surface area contributed by atoms with Crippen LogP contribution in [0.1, 0.15) is 38.5 Å². The third-order valence-electron chi connectivity index (χ3n) is 4.50. The minimum absolute atomic E-state index is 0.0971. The number of unbranched alkanes of at least 4 members (excludes halogenated alkanes) is 3. The number of carbonyl (C=O) groups excluding carboxylic acids is 2.